The maximum absolute atomic E-state index is 13.1. The van der Waals surface area contributed by atoms with E-state index >= 15 is 0 Å². The highest BCUT2D eigenvalue weighted by atomic mass is 35.5. The van der Waals surface area contributed by atoms with Gasteiger partial charge in [-0.05, 0) is 42.0 Å². The highest BCUT2D eigenvalue weighted by Crippen LogP contribution is 2.21. The number of halogens is 1. The van der Waals surface area contributed by atoms with Crippen LogP contribution in [0.25, 0.3) is 22.7 Å². The minimum Gasteiger partial charge on any atom is -0.284 e. The second-order valence-electron chi connectivity index (χ2n) is 6.13. The number of nitrogens with zero attached hydrogens (tertiary/aromatic N) is 4. The van der Waals surface area contributed by atoms with Crippen LogP contribution in [0, 0.1) is 10.1 Å². The van der Waals surface area contributed by atoms with Gasteiger partial charge < -0.3 is 0 Å². The molecule has 4 rings (SSSR count). The molecule has 0 saturated carbocycles. The average molecular weight is 439 g/mol. The first kappa shape index (κ1) is 19.6. The number of non-ortho nitro benzene ring substituents is 1. The van der Waals surface area contributed by atoms with Crippen LogP contribution in [0.3, 0.4) is 0 Å². The van der Waals surface area contributed by atoms with Crippen molar-refractivity contribution in [1.82, 2.24) is 14.5 Å². The van der Waals surface area contributed by atoms with Crippen LogP contribution in [0.15, 0.2) is 65.2 Å². The largest absolute Gasteiger partial charge is 0.284 e. The first-order chi connectivity index (χ1) is 14.4. The molecular weight excluding hydrogens is 428 g/mol. The number of benzene rings is 2. The molecule has 2 aromatic heterocycles. The van der Waals surface area contributed by atoms with Gasteiger partial charge in [0.15, 0.2) is 5.01 Å². The van der Waals surface area contributed by atoms with Crippen LogP contribution < -0.4 is 5.56 Å². The smallest absolute Gasteiger partial charge is 0.269 e. The highest BCUT2D eigenvalue weighted by molar-refractivity contribution is 7.12. The van der Waals surface area contributed by atoms with E-state index in [-0.39, 0.29) is 16.4 Å². The molecule has 0 saturated heterocycles. The molecule has 0 amide bonds. The standard InChI is InChI=1S/C20H11ClN4O4S/c21-13-3-6-15-16(10-13)23-11-24(20(15)27)17(18(26)19-22-7-8-30-19)9-12-1-4-14(5-2-12)25(28)29/h1-11H/b17-9-. The minimum atomic E-state index is -0.516. The molecule has 4 aromatic rings. The van der Waals surface area contributed by atoms with E-state index in [4.69, 9.17) is 11.6 Å². The van der Waals surface area contributed by atoms with Gasteiger partial charge in [-0.25, -0.2) is 9.97 Å². The maximum atomic E-state index is 13.1. The second-order valence-corrected chi connectivity index (χ2v) is 7.46. The van der Waals surface area contributed by atoms with Gasteiger partial charge in [-0.2, -0.15) is 0 Å². The van der Waals surface area contributed by atoms with Gasteiger partial charge in [0.1, 0.15) is 12.0 Å². The van der Waals surface area contributed by atoms with E-state index in [1.807, 2.05) is 0 Å². The van der Waals surface area contributed by atoms with Crippen molar-refractivity contribution >= 4 is 57.1 Å². The van der Waals surface area contributed by atoms with Crippen LogP contribution in [0.4, 0.5) is 5.69 Å². The predicted octanol–water partition coefficient (Wildman–Crippen LogP) is 4.30. The summed E-state index contributed by atoms with van der Waals surface area (Å²) in [6.45, 7) is 0. The van der Waals surface area contributed by atoms with Crippen molar-refractivity contribution in [3.05, 3.63) is 96.4 Å². The Hall–Kier alpha value is -3.69. The molecule has 10 heteroatoms. The van der Waals surface area contributed by atoms with Gasteiger partial charge in [0.25, 0.3) is 11.2 Å². The third-order valence-corrected chi connectivity index (χ3v) is 5.25. The Morgan fingerprint density at radius 1 is 1.17 bits per heavy atom. The third kappa shape index (κ3) is 3.76. The molecule has 0 unspecified atom stereocenters. The van der Waals surface area contributed by atoms with Crippen molar-refractivity contribution in [3.8, 4) is 0 Å². The number of aromatic nitrogens is 3. The van der Waals surface area contributed by atoms with Crippen LogP contribution in [0.2, 0.25) is 5.02 Å². The first-order valence-corrected chi connectivity index (χ1v) is 9.77. The van der Waals surface area contributed by atoms with Crippen molar-refractivity contribution in [3.63, 3.8) is 0 Å². The molecule has 2 heterocycles. The van der Waals surface area contributed by atoms with E-state index in [1.54, 1.807) is 23.6 Å². The molecule has 0 N–H and O–H groups in total. The van der Waals surface area contributed by atoms with Gasteiger partial charge in [-0.3, -0.25) is 24.3 Å². The number of hydrogen-bond acceptors (Lipinski definition) is 7. The number of Topliss-reactive ketones (excluding diaryl/α,β-unsaturated/α-hetero) is 1. The number of fused-ring (bicyclic) bond motifs is 1. The predicted molar refractivity (Wildman–Crippen MR) is 115 cm³/mol. The van der Waals surface area contributed by atoms with E-state index in [9.17, 15) is 19.7 Å². The van der Waals surface area contributed by atoms with Crippen LogP contribution in [0.1, 0.15) is 15.4 Å². The number of rotatable bonds is 5. The van der Waals surface area contributed by atoms with Gasteiger partial charge >= 0.3 is 0 Å². The van der Waals surface area contributed by atoms with Crippen molar-refractivity contribution in [2.75, 3.05) is 0 Å². The lowest BCUT2D eigenvalue weighted by Gasteiger charge is -2.10. The highest BCUT2D eigenvalue weighted by Gasteiger charge is 2.19. The lowest BCUT2D eigenvalue weighted by Crippen LogP contribution is -2.23. The molecule has 0 bridgehead atoms. The van der Waals surface area contributed by atoms with Crippen molar-refractivity contribution in [1.29, 1.82) is 0 Å². The number of carbonyl (C=O) groups excluding carboxylic acids is 1. The number of carbonyl (C=O) groups is 1. The fourth-order valence-electron chi connectivity index (χ4n) is 2.81. The Balaban J connectivity index is 1.90. The molecular formula is C20H11ClN4O4S. The molecule has 0 atom stereocenters. The number of thiazole rings is 1. The molecule has 2 aromatic carbocycles. The zero-order chi connectivity index (χ0) is 21.3. The summed E-state index contributed by atoms with van der Waals surface area (Å²) < 4.78 is 1.14. The van der Waals surface area contributed by atoms with Gasteiger partial charge in [0.2, 0.25) is 5.78 Å². The molecule has 0 aliphatic heterocycles. The van der Waals surface area contributed by atoms with Crippen molar-refractivity contribution in [2.45, 2.75) is 0 Å². The third-order valence-electron chi connectivity index (χ3n) is 4.25. The maximum Gasteiger partial charge on any atom is 0.269 e. The summed E-state index contributed by atoms with van der Waals surface area (Å²) >= 11 is 7.10. The lowest BCUT2D eigenvalue weighted by molar-refractivity contribution is -0.384. The zero-order valence-corrected chi connectivity index (χ0v) is 16.6. The topological polar surface area (TPSA) is 108 Å². The fourth-order valence-corrected chi connectivity index (χ4v) is 3.56. The summed E-state index contributed by atoms with van der Waals surface area (Å²) in [6.07, 6.45) is 4.22. The molecule has 30 heavy (non-hydrogen) atoms. The second kappa shape index (κ2) is 7.97. The molecule has 0 spiro atoms. The van der Waals surface area contributed by atoms with Crippen LogP contribution >= 0.6 is 22.9 Å². The summed E-state index contributed by atoms with van der Waals surface area (Å²) in [6, 6.07) is 10.3. The van der Waals surface area contributed by atoms with Crippen LogP contribution in [-0.2, 0) is 0 Å². The first-order valence-electron chi connectivity index (χ1n) is 8.51. The lowest BCUT2D eigenvalue weighted by atomic mass is 10.1. The van der Waals surface area contributed by atoms with Crippen molar-refractivity contribution in [2.24, 2.45) is 0 Å². The summed E-state index contributed by atoms with van der Waals surface area (Å²) in [4.78, 5) is 44.8. The summed E-state index contributed by atoms with van der Waals surface area (Å²) in [5.41, 5.74) is 0.396. The number of nitro benzene ring substituents is 1. The van der Waals surface area contributed by atoms with Gasteiger partial charge in [-0.15, -0.1) is 11.3 Å². The molecule has 0 aliphatic carbocycles. The van der Waals surface area contributed by atoms with Crippen LogP contribution in [-0.4, -0.2) is 25.2 Å². The fraction of sp³-hybridized carbons (Fsp3) is 0. The number of ketones is 1. The Bertz CT molecular complexity index is 1360. The molecule has 8 nitrogen and oxygen atoms in total. The molecule has 0 radical (unpaired) electrons. The summed E-state index contributed by atoms with van der Waals surface area (Å²) in [5, 5.41) is 13.5. The Kier molecular flexibility index (Phi) is 5.21. The number of hydrogen-bond donors (Lipinski definition) is 0. The molecule has 148 valence electrons. The Morgan fingerprint density at radius 3 is 2.60 bits per heavy atom. The molecule has 0 aliphatic rings. The van der Waals surface area contributed by atoms with Crippen LogP contribution in [0.5, 0.6) is 0 Å². The average Bonchev–Trinajstić information content (AvgIpc) is 3.27. The summed E-state index contributed by atoms with van der Waals surface area (Å²) in [5.74, 6) is -0.472. The van der Waals surface area contributed by atoms with E-state index in [1.165, 1.54) is 42.9 Å². The SMILES string of the molecule is O=C(/C(=C/c1ccc([N+](=O)[O-])cc1)n1cnc2cc(Cl)ccc2c1=O)c1nccs1. The monoisotopic (exact) mass is 438 g/mol. The Labute approximate surface area is 177 Å². The zero-order valence-electron chi connectivity index (χ0n) is 15.1. The Morgan fingerprint density at radius 2 is 1.93 bits per heavy atom. The van der Waals surface area contributed by atoms with Crippen molar-refractivity contribution < 1.29 is 9.72 Å². The van der Waals surface area contributed by atoms with Gasteiger partial charge in [-0.1, -0.05) is 11.6 Å². The van der Waals surface area contributed by atoms with Gasteiger partial charge in [0.05, 0.1) is 15.8 Å². The van der Waals surface area contributed by atoms with E-state index < -0.39 is 16.3 Å². The number of allylic oxidation sites excluding steroid dienone is 1. The number of nitro groups is 1. The van der Waals surface area contributed by atoms with E-state index in [0.717, 1.165) is 15.9 Å². The van der Waals surface area contributed by atoms with E-state index in [2.05, 4.69) is 9.97 Å². The van der Waals surface area contributed by atoms with Gasteiger partial charge in [0, 0.05) is 28.7 Å². The summed E-state index contributed by atoms with van der Waals surface area (Å²) in [7, 11) is 0. The normalized spacial score (nSPS) is 11.6. The minimum absolute atomic E-state index is 0.0214. The van der Waals surface area contributed by atoms with E-state index in [0.29, 0.717) is 21.5 Å². The molecule has 0 fully saturated rings. The quantitative estimate of drug-likeness (QED) is 0.199.